The van der Waals surface area contributed by atoms with E-state index in [1.165, 1.54) is 6.08 Å². The smallest absolute Gasteiger partial charge is 0.194 e. The van der Waals surface area contributed by atoms with E-state index in [1.54, 1.807) is 39.0 Å². The van der Waals surface area contributed by atoms with Gasteiger partial charge in [0, 0.05) is 6.00 Å². The first-order chi connectivity index (χ1) is 13.3. The van der Waals surface area contributed by atoms with Crippen LogP contribution in [0.25, 0.3) is 0 Å². The van der Waals surface area contributed by atoms with Gasteiger partial charge in [0.1, 0.15) is 26.2 Å². The van der Waals surface area contributed by atoms with Crippen molar-refractivity contribution in [2.24, 2.45) is 0 Å². The van der Waals surface area contributed by atoms with Crippen LogP contribution in [-0.4, -0.2) is 53.6 Å². The van der Waals surface area contributed by atoms with Gasteiger partial charge >= 0.3 is 0 Å². The summed E-state index contributed by atoms with van der Waals surface area (Å²) in [6.45, 7) is 8.09. The molecule has 0 saturated carbocycles. The molecule has 0 aromatic rings. The number of alkyl halides is 1. The van der Waals surface area contributed by atoms with E-state index in [9.17, 15) is 9.50 Å². The van der Waals surface area contributed by atoms with Crippen LogP contribution in [0.15, 0.2) is 24.3 Å². The quantitative estimate of drug-likeness (QED) is 0.203. The lowest BCUT2D eigenvalue weighted by molar-refractivity contribution is -0.00383. The minimum atomic E-state index is -1.48. The molecule has 5 nitrogen and oxygen atoms in total. The van der Waals surface area contributed by atoms with Crippen LogP contribution >= 0.6 is 17.6 Å². The van der Waals surface area contributed by atoms with Gasteiger partial charge in [-0.3, -0.25) is 0 Å². The van der Waals surface area contributed by atoms with E-state index >= 15 is 0 Å². The summed E-state index contributed by atoms with van der Waals surface area (Å²) in [6.07, 6.45) is 7.63. The van der Waals surface area contributed by atoms with E-state index in [0.717, 1.165) is 0 Å². The number of aliphatic hydroxyl groups is 2. The Morgan fingerprint density at radius 1 is 1.21 bits per heavy atom. The van der Waals surface area contributed by atoms with Crippen molar-refractivity contribution >= 4 is 24.9 Å². The molecule has 28 heavy (non-hydrogen) atoms. The summed E-state index contributed by atoms with van der Waals surface area (Å²) >= 11 is 0. The van der Waals surface area contributed by atoms with Crippen molar-refractivity contribution in [1.29, 1.82) is 0 Å². The Kier molecular flexibility index (Phi) is 14.5. The summed E-state index contributed by atoms with van der Waals surface area (Å²) in [5.74, 6) is 7.92. The first-order valence-corrected chi connectivity index (χ1v) is 10.6. The molecule has 0 aliphatic heterocycles. The minimum Gasteiger partial charge on any atom is -0.462 e. The molecule has 0 aromatic heterocycles. The Morgan fingerprint density at radius 3 is 2.39 bits per heavy atom. The van der Waals surface area contributed by atoms with Crippen molar-refractivity contribution in [1.82, 2.24) is 0 Å². The fourth-order valence-electron chi connectivity index (χ4n) is 1.93. The van der Waals surface area contributed by atoms with E-state index in [0.29, 0.717) is 0 Å². The molecule has 2 N–H and O–H groups in total. The first kappa shape index (κ1) is 27.1. The summed E-state index contributed by atoms with van der Waals surface area (Å²) in [7, 11) is 0.937. The van der Waals surface area contributed by atoms with Crippen LogP contribution in [0, 0.1) is 23.9 Å². The zero-order chi connectivity index (χ0) is 21.5. The van der Waals surface area contributed by atoms with Gasteiger partial charge in [0.25, 0.3) is 0 Å². The number of allylic oxidation sites excluding steroid dienone is 2. The molecule has 0 amide bonds. The average molecular weight is 429 g/mol. The number of ether oxygens (including phenoxy) is 1. The van der Waals surface area contributed by atoms with Gasteiger partial charge < -0.3 is 24.0 Å². The molecule has 0 aliphatic rings. The van der Waals surface area contributed by atoms with Crippen molar-refractivity contribution in [3.05, 3.63) is 24.3 Å². The Labute approximate surface area is 172 Å². The standard InChI is InChI=1S/C19H29BFO5P2/c1-6-9-18(23,10-7-2)27-26-19(11-8-3,12-13-22)28-24-15-17(14-21)25-16(4)20-5/h6,8-9,11,16-17,22-23,27-28H,14-15H2,1-5H3/t16-,17+,18?,19?/m1/s1. The maximum atomic E-state index is 13.2. The molecule has 9 heteroatoms. The van der Waals surface area contributed by atoms with Gasteiger partial charge in [-0.2, -0.15) is 0 Å². The summed E-state index contributed by atoms with van der Waals surface area (Å²) < 4.78 is 30.1. The van der Waals surface area contributed by atoms with E-state index in [-0.39, 0.29) is 21.4 Å². The highest BCUT2D eigenvalue weighted by Crippen LogP contribution is 2.45. The third-order valence-electron chi connectivity index (χ3n) is 3.28. The van der Waals surface area contributed by atoms with Crippen molar-refractivity contribution in [2.75, 3.05) is 13.3 Å². The molecule has 0 heterocycles. The highest BCUT2D eigenvalue weighted by Gasteiger charge is 2.32. The number of hydrogen-bond donors (Lipinski definition) is 2. The fourth-order valence-corrected chi connectivity index (χ4v) is 3.93. The number of aliphatic hydroxyl groups excluding tert-OH is 1. The van der Waals surface area contributed by atoms with Crippen molar-refractivity contribution < 1.29 is 28.4 Å². The number of halogens is 1. The predicted octanol–water partition coefficient (Wildman–Crippen LogP) is 3.55. The zero-order valence-corrected chi connectivity index (χ0v) is 19.0. The summed E-state index contributed by atoms with van der Waals surface area (Å²) in [4.78, 5) is 0. The lowest BCUT2D eigenvalue weighted by Crippen LogP contribution is -2.29. The molecular weight excluding hydrogens is 400 g/mol. The average Bonchev–Trinajstić information content (AvgIpc) is 2.66. The fraction of sp³-hybridized carbons (Fsp3) is 0.579. The van der Waals surface area contributed by atoms with Gasteiger partial charge in [-0.15, -0.1) is 5.92 Å². The van der Waals surface area contributed by atoms with Crippen LogP contribution in [0.1, 0.15) is 27.7 Å². The van der Waals surface area contributed by atoms with Gasteiger partial charge in [-0.1, -0.05) is 24.9 Å². The molecule has 0 saturated heterocycles. The Balaban J connectivity index is 5.23. The van der Waals surface area contributed by atoms with Gasteiger partial charge in [-0.25, -0.2) is 4.39 Å². The van der Waals surface area contributed by atoms with Crippen molar-refractivity contribution in [2.45, 2.75) is 57.3 Å². The Hall–Kier alpha value is -0.905. The molecular formula is C19H29BFO5P2. The highest BCUT2D eigenvalue weighted by molar-refractivity contribution is 7.38. The SMILES string of the molecule is C[B][C@@H](C)O[C@@H](CF)COPC(C#CO)(C=CC)OPC(O)(C#CC)C=CC. The molecule has 4 unspecified atom stereocenters. The largest absolute Gasteiger partial charge is 0.462 e. The van der Waals surface area contributed by atoms with Crippen LogP contribution < -0.4 is 0 Å². The van der Waals surface area contributed by atoms with Gasteiger partial charge in [0.2, 0.25) is 0 Å². The maximum Gasteiger partial charge on any atom is 0.194 e. The monoisotopic (exact) mass is 429 g/mol. The van der Waals surface area contributed by atoms with E-state index < -0.39 is 32.3 Å². The molecule has 6 atom stereocenters. The molecule has 0 rings (SSSR count). The second kappa shape index (κ2) is 15.0. The predicted molar refractivity (Wildman–Crippen MR) is 116 cm³/mol. The molecule has 0 spiro atoms. The molecule has 1 radical (unpaired) electrons. The lowest BCUT2D eigenvalue weighted by atomic mass is 9.76. The normalized spacial score (nSPS) is 18.5. The van der Waals surface area contributed by atoms with Crippen LogP contribution in [0.2, 0.25) is 6.82 Å². The van der Waals surface area contributed by atoms with Crippen molar-refractivity contribution in [3.63, 3.8) is 0 Å². The van der Waals surface area contributed by atoms with Crippen LogP contribution in [0.4, 0.5) is 4.39 Å². The van der Waals surface area contributed by atoms with Crippen molar-refractivity contribution in [3.8, 4) is 23.9 Å². The van der Waals surface area contributed by atoms with Crippen LogP contribution in [0.5, 0.6) is 0 Å². The van der Waals surface area contributed by atoms with E-state index in [4.69, 9.17) is 18.9 Å². The Bertz CT molecular complexity index is 625. The Morgan fingerprint density at radius 2 is 1.89 bits per heavy atom. The molecule has 0 fully saturated rings. The topological polar surface area (TPSA) is 68.2 Å². The second-order valence-corrected chi connectivity index (χ2v) is 8.09. The summed E-state index contributed by atoms with van der Waals surface area (Å²) in [5.41, 5.74) is 0. The van der Waals surface area contributed by atoms with Gasteiger partial charge in [0.15, 0.2) is 10.7 Å². The number of hydrogen-bond acceptors (Lipinski definition) is 5. The zero-order valence-electron chi connectivity index (χ0n) is 17.0. The van der Waals surface area contributed by atoms with E-state index in [1.807, 2.05) is 27.1 Å². The summed E-state index contributed by atoms with van der Waals surface area (Å²) in [5, 5.41) is 17.0. The maximum absolute atomic E-state index is 13.2. The minimum absolute atomic E-state index is 0.0000946. The van der Waals surface area contributed by atoms with Gasteiger partial charge in [-0.05, 0) is 45.8 Å². The lowest BCUT2D eigenvalue weighted by Gasteiger charge is -2.29. The van der Waals surface area contributed by atoms with E-state index in [2.05, 4.69) is 17.8 Å². The molecule has 155 valence electrons. The highest BCUT2D eigenvalue weighted by atomic mass is 31.1. The van der Waals surface area contributed by atoms with Gasteiger partial charge in [0.05, 0.1) is 24.2 Å². The van der Waals surface area contributed by atoms with Crippen LogP contribution in [-0.2, 0) is 13.8 Å². The molecule has 0 aromatic carbocycles. The molecule has 0 bridgehead atoms. The number of rotatable bonds is 13. The second-order valence-electron chi connectivity index (χ2n) is 5.68. The third-order valence-corrected chi connectivity index (χ3v) is 5.51. The van der Waals surface area contributed by atoms with Crippen LogP contribution in [0.3, 0.4) is 0 Å². The third kappa shape index (κ3) is 10.6. The summed E-state index contributed by atoms with van der Waals surface area (Å²) in [6, 6.07) is -0.202. The first-order valence-electron chi connectivity index (χ1n) is 8.79. The molecule has 0 aliphatic carbocycles.